The number of nitrogens with one attached hydrogen (secondary N) is 3. The minimum absolute atomic E-state index is 0.227. The molecular weight excluding hydrogens is 819 g/mol. The molecule has 0 radical (unpaired) electrons. The van der Waals surface area contributed by atoms with Crippen LogP contribution < -0.4 is 31.2 Å². The van der Waals surface area contributed by atoms with Gasteiger partial charge in [0.15, 0.2) is 0 Å². The van der Waals surface area contributed by atoms with Crippen LogP contribution in [-0.4, -0.2) is 75.5 Å². The molecular formula is C51H51N9O5. The number of nitrogen functional groups attached to an aromatic ring is 1. The molecule has 330 valence electrons. The highest BCUT2D eigenvalue weighted by Gasteiger charge is 2.20. The van der Waals surface area contributed by atoms with E-state index in [1.807, 2.05) is 92.7 Å². The van der Waals surface area contributed by atoms with Gasteiger partial charge in [0, 0.05) is 61.7 Å². The second kappa shape index (κ2) is 22.4. The van der Waals surface area contributed by atoms with Crippen molar-refractivity contribution in [3.63, 3.8) is 0 Å². The van der Waals surface area contributed by atoms with E-state index in [1.54, 1.807) is 61.2 Å². The average Bonchev–Trinajstić information content (AvgIpc) is 3.34. The minimum atomic E-state index is -0.335. The standard InChI is InChI=1S/C51H51N9O5/c1-34(2)32-59-50(62)39-20-19-37(52)31-47(39)64-28-12-26-57-51(63)40-14-11-13-38(36-29-45(42-16-4-7-23-54-42)60-46(30-36)43-17-5-8-24-55-43)48(40)65-27-10-9-25-56-49(61)35-18-21-44(58-33-35)41-15-3-6-22-53-41/h3-8,11,13-24,29-31,33-34H,9-10,12,25-28,32,52H2,1-2H3,(H,56,61)(H,57,63)(H,59,62). The van der Waals surface area contributed by atoms with Crippen molar-refractivity contribution < 1.29 is 23.9 Å². The number of amides is 3. The predicted molar refractivity (Wildman–Crippen MR) is 251 cm³/mol. The van der Waals surface area contributed by atoms with Crippen molar-refractivity contribution in [1.29, 1.82) is 0 Å². The van der Waals surface area contributed by atoms with Gasteiger partial charge >= 0.3 is 0 Å². The lowest BCUT2D eigenvalue weighted by atomic mass is 9.98. The van der Waals surface area contributed by atoms with Gasteiger partial charge in [-0.1, -0.05) is 44.2 Å². The maximum atomic E-state index is 14.0. The van der Waals surface area contributed by atoms with E-state index in [9.17, 15) is 14.4 Å². The Morgan fingerprint density at radius 1 is 0.569 bits per heavy atom. The zero-order chi connectivity index (χ0) is 45.4. The van der Waals surface area contributed by atoms with Crippen LogP contribution >= 0.6 is 0 Å². The number of nitrogens with zero attached hydrogens (tertiary/aromatic N) is 5. The first-order valence-corrected chi connectivity index (χ1v) is 21.6. The Labute approximate surface area is 378 Å². The van der Waals surface area contributed by atoms with Crippen LogP contribution in [0.2, 0.25) is 0 Å². The predicted octanol–water partition coefficient (Wildman–Crippen LogP) is 8.09. The fraction of sp³-hybridized carbons (Fsp3) is 0.216. The summed E-state index contributed by atoms with van der Waals surface area (Å²) in [6.07, 6.45) is 8.32. The van der Waals surface area contributed by atoms with Crippen LogP contribution in [0.1, 0.15) is 64.2 Å². The van der Waals surface area contributed by atoms with Crippen molar-refractivity contribution in [2.24, 2.45) is 5.92 Å². The third kappa shape index (κ3) is 12.3. The smallest absolute Gasteiger partial charge is 0.255 e. The third-order valence-corrected chi connectivity index (χ3v) is 10.1. The first-order chi connectivity index (χ1) is 31.7. The summed E-state index contributed by atoms with van der Waals surface area (Å²) >= 11 is 0. The second-order valence-electron chi connectivity index (χ2n) is 15.5. The van der Waals surface area contributed by atoms with Gasteiger partial charge in [-0.15, -0.1) is 0 Å². The molecule has 7 aromatic rings. The van der Waals surface area contributed by atoms with E-state index in [4.69, 9.17) is 20.2 Å². The highest BCUT2D eigenvalue weighted by atomic mass is 16.5. The lowest BCUT2D eigenvalue weighted by molar-refractivity contribution is 0.0938. The number of anilines is 1. The Bertz CT molecular complexity index is 2630. The number of benzene rings is 2. The summed E-state index contributed by atoms with van der Waals surface area (Å²) in [5.74, 6) is 0.251. The monoisotopic (exact) mass is 869 g/mol. The van der Waals surface area contributed by atoms with Crippen LogP contribution in [-0.2, 0) is 0 Å². The SMILES string of the molecule is CC(C)CNC(=O)c1ccc(N)cc1OCCCNC(=O)c1cccc(-c2cc(-c3ccccn3)nc(-c3ccccn3)c2)c1OCCCCNC(=O)c1ccc(-c2ccccn2)nc1. The summed E-state index contributed by atoms with van der Waals surface area (Å²) in [5.41, 5.74) is 13.1. The second-order valence-corrected chi connectivity index (χ2v) is 15.5. The molecule has 0 spiro atoms. The number of unbranched alkanes of at least 4 members (excludes halogenated alkanes) is 1. The van der Waals surface area contributed by atoms with E-state index in [-0.39, 0.29) is 43.4 Å². The molecule has 2 aromatic carbocycles. The van der Waals surface area contributed by atoms with E-state index in [0.717, 1.165) is 11.3 Å². The van der Waals surface area contributed by atoms with Crippen LogP contribution in [0.15, 0.2) is 140 Å². The van der Waals surface area contributed by atoms with E-state index < -0.39 is 0 Å². The van der Waals surface area contributed by atoms with Gasteiger partial charge < -0.3 is 31.2 Å². The third-order valence-electron chi connectivity index (χ3n) is 10.1. The van der Waals surface area contributed by atoms with E-state index >= 15 is 0 Å². The molecule has 0 aliphatic heterocycles. The number of para-hydroxylation sites is 1. The molecule has 0 saturated heterocycles. The van der Waals surface area contributed by atoms with Crippen molar-refractivity contribution in [2.45, 2.75) is 33.1 Å². The van der Waals surface area contributed by atoms with Crippen LogP contribution in [0, 0.1) is 5.92 Å². The Morgan fingerprint density at radius 3 is 1.82 bits per heavy atom. The topological polar surface area (TPSA) is 196 Å². The van der Waals surface area contributed by atoms with Gasteiger partial charge in [-0.25, -0.2) is 4.98 Å². The number of rotatable bonds is 20. The van der Waals surface area contributed by atoms with Crippen molar-refractivity contribution in [1.82, 2.24) is 40.9 Å². The van der Waals surface area contributed by atoms with Gasteiger partial charge in [0.1, 0.15) is 11.5 Å². The number of nitrogens with two attached hydrogens (primary N) is 1. The van der Waals surface area contributed by atoms with Crippen LogP contribution in [0.4, 0.5) is 5.69 Å². The Morgan fingerprint density at radius 2 is 1.18 bits per heavy atom. The van der Waals surface area contributed by atoms with Crippen molar-refractivity contribution in [3.8, 4) is 56.8 Å². The van der Waals surface area contributed by atoms with Crippen LogP contribution in [0.3, 0.4) is 0 Å². The number of ether oxygens (including phenoxy) is 2. The summed E-state index contributed by atoms with van der Waals surface area (Å²) < 4.78 is 12.5. The maximum absolute atomic E-state index is 14.0. The number of carbonyl (C=O) groups is 3. The summed E-state index contributed by atoms with van der Waals surface area (Å²) in [6, 6.07) is 34.6. The van der Waals surface area contributed by atoms with Gasteiger partial charge in [-0.3, -0.25) is 34.3 Å². The summed E-state index contributed by atoms with van der Waals surface area (Å²) in [5, 5.41) is 8.90. The molecule has 0 aliphatic rings. The van der Waals surface area contributed by atoms with Crippen LogP contribution in [0.5, 0.6) is 11.5 Å². The molecule has 65 heavy (non-hydrogen) atoms. The van der Waals surface area contributed by atoms with Crippen molar-refractivity contribution in [3.05, 3.63) is 157 Å². The molecule has 14 heteroatoms. The number of aromatic nitrogens is 5. The van der Waals surface area contributed by atoms with Gasteiger partial charge in [0.25, 0.3) is 17.7 Å². The summed E-state index contributed by atoms with van der Waals surface area (Å²) in [4.78, 5) is 62.6. The lowest BCUT2D eigenvalue weighted by Gasteiger charge is -2.18. The molecule has 5 aromatic heterocycles. The minimum Gasteiger partial charge on any atom is -0.493 e. The van der Waals surface area contributed by atoms with Crippen molar-refractivity contribution >= 4 is 23.4 Å². The number of hydrogen-bond donors (Lipinski definition) is 4. The molecule has 0 aliphatic carbocycles. The number of carbonyl (C=O) groups excluding carboxylic acids is 3. The van der Waals surface area contributed by atoms with Gasteiger partial charge in [-0.2, -0.15) is 0 Å². The Hall–Kier alpha value is -8.00. The Kier molecular flexibility index (Phi) is 15.5. The zero-order valence-corrected chi connectivity index (χ0v) is 36.4. The van der Waals surface area contributed by atoms with Crippen molar-refractivity contribution in [2.75, 3.05) is 38.6 Å². The normalized spacial score (nSPS) is 10.9. The molecule has 0 unspecified atom stereocenters. The molecule has 0 saturated carbocycles. The molecule has 7 rings (SSSR count). The number of hydrogen-bond acceptors (Lipinski definition) is 11. The molecule has 5 N–H and O–H groups in total. The molecule has 0 fully saturated rings. The molecule has 0 atom stereocenters. The first-order valence-electron chi connectivity index (χ1n) is 21.6. The fourth-order valence-corrected chi connectivity index (χ4v) is 6.76. The largest absolute Gasteiger partial charge is 0.493 e. The molecule has 0 bridgehead atoms. The number of pyridine rings is 5. The molecule has 14 nitrogen and oxygen atoms in total. The van der Waals surface area contributed by atoms with E-state index in [2.05, 4.69) is 35.9 Å². The summed E-state index contributed by atoms with van der Waals surface area (Å²) in [7, 11) is 0. The summed E-state index contributed by atoms with van der Waals surface area (Å²) in [6.45, 7) is 5.75. The highest BCUT2D eigenvalue weighted by molar-refractivity contribution is 6.00. The average molecular weight is 870 g/mol. The zero-order valence-electron chi connectivity index (χ0n) is 36.4. The highest BCUT2D eigenvalue weighted by Crippen LogP contribution is 2.37. The van der Waals surface area contributed by atoms with Gasteiger partial charge in [0.2, 0.25) is 0 Å². The lowest BCUT2D eigenvalue weighted by Crippen LogP contribution is -2.28. The quantitative estimate of drug-likeness (QED) is 0.0427. The Balaban J connectivity index is 1.05. The maximum Gasteiger partial charge on any atom is 0.255 e. The fourth-order valence-electron chi connectivity index (χ4n) is 6.76. The van der Waals surface area contributed by atoms with E-state index in [1.165, 1.54) is 0 Å². The van der Waals surface area contributed by atoms with E-state index in [0.29, 0.717) is 100 Å². The van der Waals surface area contributed by atoms with Crippen LogP contribution in [0.25, 0.3) is 45.3 Å². The molecule has 5 heterocycles. The van der Waals surface area contributed by atoms with Gasteiger partial charge in [-0.05, 0) is 110 Å². The van der Waals surface area contributed by atoms with Gasteiger partial charge in [0.05, 0.1) is 64.1 Å². The first kappa shape index (κ1) is 45.0. The molecule has 3 amide bonds.